The third-order valence-electron chi connectivity index (χ3n) is 3.60. The average molecular weight is 244 g/mol. The fraction of sp³-hybridized carbons (Fsp3) is 0.462. The molecule has 1 saturated carbocycles. The first-order valence-electron chi connectivity index (χ1n) is 6.35. The molecule has 3 rings (SSSR count). The Kier molecular flexibility index (Phi) is 3.06. The van der Waals surface area contributed by atoms with Crippen LogP contribution < -0.4 is 0 Å². The molecule has 1 aliphatic rings. The summed E-state index contributed by atoms with van der Waals surface area (Å²) in [6, 6.07) is 9.85. The van der Waals surface area contributed by atoms with E-state index in [1.807, 2.05) is 30.3 Å². The molecule has 1 N–H and O–H groups in total. The van der Waals surface area contributed by atoms with Crippen molar-refractivity contribution >= 4 is 0 Å². The molecule has 1 aliphatic carbocycles. The summed E-state index contributed by atoms with van der Waals surface area (Å²) in [4.78, 5) is 0. The highest BCUT2D eigenvalue weighted by Crippen LogP contribution is 2.28. The Labute approximate surface area is 105 Å². The number of hydrogen-bond donors (Lipinski definition) is 1. The minimum Gasteiger partial charge on any atom is -0.393 e. The molecule has 0 radical (unpaired) electrons. The molecule has 0 amide bonds. The van der Waals surface area contributed by atoms with Crippen LogP contribution in [0.3, 0.4) is 0 Å². The zero-order chi connectivity index (χ0) is 12.4. The lowest BCUT2D eigenvalue weighted by Crippen LogP contribution is -2.18. The maximum atomic E-state index is 9.87. The highest BCUT2D eigenvalue weighted by Gasteiger charge is 2.27. The van der Waals surface area contributed by atoms with Gasteiger partial charge in [-0.25, -0.2) is 0 Å². The first kappa shape index (κ1) is 11.3. The van der Waals surface area contributed by atoms with Gasteiger partial charge in [0.2, 0.25) is 0 Å². The van der Waals surface area contributed by atoms with E-state index >= 15 is 0 Å². The highest BCUT2D eigenvalue weighted by atomic mass is 16.3. The van der Waals surface area contributed by atoms with Crippen molar-refractivity contribution in [3.8, 4) is 5.69 Å². The lowest BCUT2D eigenvalue weighted by Gasteiger charge is -2.13. The smallest absolute Gasteiger partial charge is 0.157 e. The van der Waals surface area contributed by atoms with E-state index in [1.165, 1.54) is 0 Å². The maximum Gasteiger partial charge on any atom is 0.157 e. The molecule has 2 aromatic rings. The number of para-hydroxylation sites is 1. The van der Waals surface area contributed by atoms with Crippen LogP contribution in [0.4, 0.5) is 0 Å². The van der Waals surface area contributed by atoms with Crippen LogP contribution in [0.25, 0.3) is 5.69 Å². The van der Waals surface area contributed by atoms with Crippen LogP contribution in [0, 0.1) is 5.92 Å². The molecule has 18 heavy (non-hydrogen) atoms. The molecule has 1 fully saturated rings. The number of aromatic nitrogens is 4. The number of rotatable bonds is 3. The molecule has 0 spiro atoms. The second kappa shape index (κ2) is 4.86. The molecule has 0 saturated heterocycles. The molecular formula is C13H16N4O. The van der Waals surface area contributed by atoms with Gasteiger partial charge in [-0.3, -0.25) is 0 Å². The topological polar surface area (TPSA) is 63.8 Å². The van der Waals surface area contributed by atoms with E-state index in [9.17, 15) is 5.11 Å². The molecule has 1 aromatic carbocycles. The third kappa shape index (κ3) is 2.13. The summed E-state index contributed by atoms with van der Waals surface area (Å²) in [6.45, 7) is 0. The van der Waals surface area contributed by atoms with E-state index in [4.69, 9.17) is 0 Å². The molecule has 1 aromatic heterocycles. The summed E-state index contributed by atoms with van der Waals surface area (Å²) in [5.41, 5.74) is 0.963. The summed E-state index contributed by atoms with van der Waals surface area (Å²) in [7, 11) is 0. The van der Waals surface area contributed by atoms with E-state index in [1.54, 1.807) is 4.68 Å². The Morgan fingerprint density at radius 2 is 2.06 bits per heavy atom. The predicted octanol–water partition coefficient (Wildman–Crippen LogP) is 1.37. The van der Waals surface area contributed by atoms with Crippen LogP contribution in [0.5, 0.6) is 0 Å². The Bertz CT molecular complexity index is 511. The van der Waals surface area contributed by atoms with Gasteiger partial charge < -0.3 is 5.11 Å². The molecule has 2 unspecified atom stereocenters. The molecule has 5 heteroatoms. The first-order chi connectivity index (χ1) is 8.84. The van der Waals surface area contributed by atoms with Crippen molar-refractivity contribution in [2.75, 3.05) is 0 Å². The zero-order valence-corrected chi connectivity index (χ0v) is 10.1. The highest BCUT2D eigenvalue weighted by molar-refractivity contribution is 5.30. The summed E-state index contributed by atoms with van der Waals surface area (Å²) >= 11 is 0. The number of benzene rings is 1. The molecule has 94 valence electrons. The Hall–Kier alpha value is -1.75. The maximum absolute atomic E-state index is 9.87. The summed E-state index contributed by atoms with van der Waals surface area (Å²) in [6.07, 6.45) is 3.59. The van der Waals surface area contributed by atoms with Gasteiger partial charge in [-0.05, 0) is 41.3 Å². The van der Waals surface area contributed by atoms with Crippen LogP contribution in [0.1, 0.15) is 25.1 Å². The van der Waals surface area contributed by atoms with Crippen LogP contribution in [0.15, 0.2) is 30.3 Å². The normalized spacial score (nSPS) is 23.4. The van der Waals surface area contributed by atoms with Crippen molar-refractivity contribution in [2.24, 2.45) is 5.92 Å². The van der Waals surface area contributed by atoms with E-state index < -0.39 is 0 Å². The molecule has 0 bridgehead atoms. The number of aliphatic hydroxyl groups excluding tert-OH is 1. The predicted molar refractivity (Wildman–Crippen MR) is 66.2 cm³/mol. The summed E-state index contributed by atoms with van der Waals surface area (Å²) in [5, 5.41) is 21.7. The molecule has 5 nitrogen and oxygen atoms in total. The zero-order valence-electron chi connectivity index (χ0n) is 10.1. The fourth-order valence-electron chi connectivity index (χ4n) is 2.59. The Morgan fingerprint density at radius 3 is 2.78 bits per heavy atom. The minimum absolute atomic E-state index is 0.203. The standard InChI is InChI=1S/C13H16N4O/c18-12-8-4-5-10(12)9-13-14-15-16-17(13)11-6-2-1-3-7-11/h1-3,6-7,10,12,18H,4-5,8-9H2. The van der Waals surface area contributed by atoms with Gasteiger partial charge in [-0.1, -0.05) is 24.6 Å². The Morgan fingerprint density at radius 1 is 1.22 bits per heavy atom. The number of hydrogen-bond acceptors (Lipinski definition) is 4. The Balaban J connectivity index is 1.84. The fourth-order valence-corrected chi connectivity index (χ4v) is 2.59. The van der Waals surface area contributed by atoms with Gasteiger partial charge in [-0.15, -0.1) is 5.10 Å². The van der Waals surface area contributed by atoms with Gasteiger partial charge in [-0.2, -0.15) is 4.68 Å². The number of nitrogens with zero attached hydrogens (tertiary/aromatic N) is 4. The van der Waals surface area contributed by atoms with E-state index in [0.29, 0.717) is 5.92 Å². The second-order valence-electron chi connectivity index (χ2n) is 4.80. The van der Waals surface area contributed by atoms with Crippen molar-refractivity contribution in [1.82, 2.24) is 20.2 Å². The van der Waals surface area contributed by atoms with Gasteiger partial charge in [0.05, 0.1) is 11.8 Å². The molecule has 2 atom stereocenters. The van der Waals surface area contributed by atoms with Gasteiger partial charge in [0.25, 0.3) is 0 Å². The van der Waals surface area contributed by atoms with Crippen LogP contribution in [0.2, 0.25) is 0 Å². The van der Waals surface area contributed by atoms with Gasteiger partial charge in [0.1, 0.15) is 0 Å². The van der Waals surface area contributed by atoms with E-state index in [2.05, 4.69) is 15.5 Å². The number of aliphatic hydroxyl groups is 1. The van der Waals surface area contributed by atoms with E-state index in [-0.39, 0.29) is 6.10 Å². The SMILES string of the molecule is OC1CCCC1Cc1nnnn1-c1ccccc1. The average Bonchev–Trinajstić information content (AvgIpc) is 3.01. The van der Waals surface area contributed by atoms with Crippen molar-refractivity contribution in [3.05, 3.63) is 36.2 Å². The monoisotopic (exact) mass is 244 g/mol. The quantitative estimate of drug-likeness (QED) is 0.885. The van der Waals surface area contributed by atoms with Gasteiger partial charge in [0, 0.05) is 6.42 Å². The molecule has 1 heterocycles. The van der Waals surface area contributed by atoms with Crippen LogP contribution in [-0.4, -0.2) is 31.4 Å². The van der Waals surface area contributed by atoms with Crippen LogP contribution >= 0.6 is 0 Å². The van der Waals surface area contributed by atoms with Crippen molar-refractivity contribution in [1.29, 1.82) is 0 Å². The summed E-state index contributed by atoms with van der Waals surface area (Å²) < 4.78 is 1.76. The summed E-state index contributed by atoms with van der Waals surface area (Å²) in [5.74, 6) is 1.12. The lowest BCUT2D eigenvalue weighted by atomic mass is 10.0. The first-order valence-corrected chi connectivity index (χ1v) is 6.35. The molecule has 0 aliphatic heterocycles. The van der Waals surface area contributed by atoms with Crippen LogP contribution in [-0.2, 0) is 6.42 Å². The van der Waals surface area contributed by atoms with Crippen molar-refractivity contribution in [2.45, 2.75) is 31.8 Å². The lowest BCUT2D eigenvalue weighted by molar-refractivity contribution is 0.131. The van der Waals surface area contributed by atoms with E-state index in [0.717, 1.165) is 37.2 Å². The largest absolute Gasteiger partial charge is 0.393 e. The van der Waals surface area contributed by atoms with Gasteiger partial charge in [0.15, 0.2) is 5.82 Å². The third-order valence-corrected chi connectivity index (χ3v) is 3.60. The molecular weight excluding hydrogens is 228 g/mol. The van der Waals surface area contributed by atoms with Crippen molar-refractivity contribution < 1.29 is 5.11 Å². The van der Waals surface area contributed by atoms with Gasteiger partial charge >= 0.3 is 0 Å². The van der Waals surface area contributed by atoms with Crippen molar-refractivity contribution in [3.63, 3.8) is 0 Å². The second-order valence-corrected chi connectivity index (χ2v) is 4.80. The minimum atomic E-state index is -0.203. The number of tetrazole rings is 1.